The molecule has 96 valence electrons. The molecule has 0 aliphatic heterocycles. The Morgan fingerprint density at radius 1 is 1.47 bits per heavy atom. The molecule has 0 fully saturated rings. The van der Waals surface area contributed by atoms with Gasteiger partial charge in [-0.25, -0.2) is 0 Å². The van der Waals surface area contributed by atoms with E-state index in [1.54, 1.807) is 0 Å². The Hall–Kier alpha value is -1.08. The number of aliphatic hydroxyl groups is 1. The van der Waals surface area contributed by atoms with Crippen LogP contribution in [0.5, 0.6) is 0 Å². The molecule has 1 nitrogen and oxygen atoms in total. The van der Waals surface area contributed by atoms with E-state index >= 15 is 0 Å². The minimum atomic E-state index is 0.624. The second-order valence-electron chi connectivity index (χ2n) is 4.59. The minimum Gasteiger partial charge on any atom is -0.400 e. The number of rotatable bonds is 4. The van der Waals surface area contributed by atoms with Crippen LogP contribution < -0.4 is 0 Å². The van der Waals surface area contributed by atoms with Crippen molar-refractivity contribution in [3.05, 3.63) is 47.6 Å². The molecule has 0 bridgehead atoms. The lowest BCUT2D eigenvalue weighted by Crippen LogP contribution is -2.00. The van der Waals surface area contributed by atoms with E-state index in [1.807, 2.05) is 0 Å². The van der Waals surface area contributed by atoms with Crippen LogP contribution in [-0.2, 0) is 0 Å². The molecular formula is C16H26O. The zero-order chi connectivity index (χ0) is 13.3. The summed E-state index contributed by atoms with van der Waals surface area (Å²) in [5, 5.41) is 7.00. The zero-order valence-electron chi connectivity index (χ0n) is 11.7. The molecule has 1 atom stereocenters. The predicted molar refractivity (Wildman–Crippen MR) is 77.0 cm³/mol. The first-order valence-corrected chi connectivity index (χ1v) is 6.20. The van der Waals surface area contributed by atoms with Crippen molar-refractivity contribution in [1.29, 1.82) is 0 Å². The summed E-state index contributed by atoms with van der Waals surface area (Å²) in [4.78, 5) is 0. The molecule has 0 radical (unpaired) electrons. The standard InChI is InChI=1S/C15H22.CH4O/c1-12(2)6-5-7-14(4)15-10-8-13(3)9-11-15;1-2/h7-10,15H,1,5-6,11H2,2-4H3;2H,1H3/b14-7+;. The average molecular weight is 234 g/mol. The molecule has 1 aliphatic rings. The van der Waals surface area contributed by atoms with Crippen LogP contribution in [0.4, 0.5) is 0 Å². The van der Waals surface area contributed by atoms with Crippen LogP contribution in [0.2, 0.25) is 0 Å². The highest BCUT2D eigenvalue weighted by atomic mass is 16.2. The highest BCUT2D eigenvalue weighted by Gasteiger charge is 2.08. The van der Waals surface area contributed by atoms with Gasteiger partial charge < -0.3 is 5.11 Å². The van der Waals surface area contributed by atoms with Gasteiger partial charge in [0, 0.05) is 13.0 Å². The van der Waals surface area contributed by atoms with Gasteiger partial charge in [-0.3, -0.25) is 0 Å². The van der Waals surface area contributed by atoms with Crippen molar-refractivity contribution < 1.29 is 5.11 Å². The summed E-state index contributed by atoms with van der Waals surface area (Å²) < 4.78 is 0. The second-order valence-corrected chi connectivity index (χ2v) is 4.59. The molecule has 17 heavy (non-hydrogen) atoms. The number of hydrogen-bond donors (Lipinski definition) is 1. The molecule has 0 amide bonds. The number of hydrogen-bond acceptors (Lipinski definition) is 1. The van der Waals surface area contributed by atoms with E-state index in [1.165, 1.54) is 16.7 Å². The molecule has 1 rings (SSSR count). The summed E-state index contributed by atoms with van der Waals surface area (Å²) in [6.07, 6.45) is 12.6. The van der Waals surface area contributed by atoms with E-state index in [-0.39, 0.29) is 0 Å². The van der Waals surface area contributed by atoms with E-state index in [2.05, 4.69) is 51.7 Å². The third-order valence-electron chi connectivity index (χ3n) is 2.91. The van der Waals surface area contributed by atoms with Gasteiger partial charge in [-0.15, -0.1) is 6.58 Å². The molecule has 1 aliphatic carbocycles. The molecule has 0 aromatic rings. The van der Waals surface area contributed by atoms with E-state index in [9.17, 15) is 0 Å². The van der Waals surface area contributed by atoms with Crippen LogP contribution in [0.3, 0.4) is 0 Å². The van der Waals surface area contributed by atoms with Crippen LogP contribution >= 0.6 is 0 Å². The van der Waals surface area contributed by atoms with Gasteiger partial charge in [0.1, 0.15) is 0 Å². The van der Waals surface area contributed by atoms with Crippen molar-refractivity contribution in [3.63, 3.8) is 0 Å². The first-order chi connectivity index (χ1) is 8.09. The largest absolute Gasteiger partial charge is 0.400 e. The maximum Gasteiger partial charge on any atom is 0.0319 e. The molecule has 0 saturated heterocycles. The van der Waals surface area contributed by atoms with Gasteiger partial charge in [0.25, 0.3) is 0 Å². The van der Waals surface area contributed by atoms with Crippen LogP contribution in [0.25, 0.3) is 0 Å². The highest BCUT2D eigenvalue weighted by Crippen LogP contribution is 2.23. The van der Waals surface area contributed by atoms with E-state index < -0.39 is 0 Å². The second kappa shape index (κ2) is 9.00. The molecule has 1 unspecified atom stereocenters. The van der Waals surface area contributed by atoms with Gasteiger partial charge in [-0.2, -0.15) is 0 Å². The Balaban J connectivity index is 0.00000121. The van der Waals surface area contributed by atoms with Gasteiger partial charge in [-0.1, -0.05) is 41.0 Å². The van der Waals surface area contributed by atoms with Crippen molar-refractivity contribution in [2.45, 2.75) is 40.0 Å². The van der Waals surface area contributed by atoms with Gasteiger partial charge in [0.15, 0.2) is 0 Å². The fourth-order valence-corrected chi connectivity index (χ4v) is 1.76. The molecule has 0 spiro atoms. The van der Waals surface area contributed by atoms with Gasteiger partial charge in [-0.05, 0) is 40.0 Å². The summed E-state index contributed by atoms with van der Waals surface area (Å²) in [5.41, 5.74) is 4.16. The predicted octanol–water partition coefficient (Wildman–Crippen LogP) is 4.42. The van der Waals surface area contributed by atoms with Crippen LogP contribution in [0, 0.1) is 5.92 Å². The van der Waals surface area contributed by atoms with E-state index in [0.717, 1.165) is 26.4 Å². The van der Waals surface area contributed by atoms with Crippen molar-refractivity contribution >= 4 is 0 Å². The molecule has 0 heterocycles. The van der Waals surface area contributed by atoms with Crippen LogP contribution in [0.15, 0.2) is 47.6 Å². The molecule has 0 aromatic carbocycles. The maximum atomic E-state index is 7.00. The zero-order valence-corrected chi connectivity index (χ0v) is 11.7. The maximum absolute atomic E-state index is 7.00. The normalized spacial score (nSPS) is 19.2. The van der Waals surface area contributed by atoms with Crippen molar-refractivity contribution in [1.82, 2.24) is 0 Å². The Morgan fingerprint density at radius 2 is 2.12 bits per heavy atom. The summed E-state index contributed by atoms with van der Waals surface area (Å²) in [5.74, 6) is 0.624. The summed E-state index contributed by atoms with van der Waals surface area (Å²) >= 11 is 0. The van der Waals surface area contributed by atoms with Gasteiger partial charge in [0.05, 0.1) is 0 Å². The number of allylic oxidation sites excluding steroid dienone is 7. The van der Waals surface area contributed by atoms with Crippen LogP contribution in [0.1, 0.15) is 40.0 Å². The lowest BCUT2D eigenvalue weighted by atomic mass is 9.90. The summed E-state index contributed by atoms with van der Waals surface area (Å²) in [6, 6.07) is 0. The van der Waals surface area contributed by atoms with E-state index in [0.29, 0.717) is 5.92 Å². The van der Waals surface area contributed by atoms with Gasteiger partial charge >= 0.3 is 0 Å². The smallest absolute Gasteiger partial charge is 0.0319 e. The SMILES string of the molecule is C=C(C)CC/C=C(\C)C1C=CC(C)=CC1.CO. The third kappa shape index (κ3) is 6.96. The quantitative estimate of drug-likeness (QED) is 0.714. The van der Waals surface area contributed by atoms with Gasteiger partial charge in [0.2, 0.25) is 0 Å². The first-order valence-electron chi connectivity index (χ1n) is 6.20. The minimum absolute atomic E-state index is 0.624. The molecule has 1 heteroatoms. The average Bonchev–Trinajstić information content (AvgIpc) is 2.32. The lowest BCUT2D eigenvalue weighted by molar-refractivity contribution is 0.399. The summed E-state index contributed by atoms with van der Waals surface area (Å²) in [6.45, 7) is 10.4. The fourth-order valence-electron chi connectivity index (χ4n) is 1.76. The third-order valence-corrected chi connectivity index (χ3v) is 2.91. The first kappa shape index (κ1) is 15.9. The Morgan fingerprint density at radius 3 is 2.59 bits per heavy atom. The molecule has 1 N–H and O–H groups in total. The molecule has 0 aromatic heterocycles. The highest BCUT2D eigenvalue weighted by molar-refractivity contribution is 5.26. The van der Waals surface area contributed by atoms with Crippen molar-refractivity contribution in [2.75, 3.05) is 7.11 Å². The molecule has 0 saturated carbocycles. The monoisotopic (exact) mass is 234 g/mol. The van der Waals surface area contributed by atoms with Crippen molar-refractivity contribution in [2.24, 2.45) is 5.92 Å². The Bertz CT molecular complexity index is 318. The summed E-state index contributed by atoms with van der Waals surface area (Å²) in [7, 11) is 1.00. The lowest BCUT2D eigenvalue weighted by Gasteiger charge is -2.15. The molecular weight excluding hydrogens is 208 g/mol. The van der Waals surface area contributed by atoms with Crippen LogP contribution in [-0.4, -0.2) is 12.2 Å². The Labute approximate surface area is 106 Å². The number of aliphatic hydroxyl groups excluding tert-OH is 1. The fraction of sp³-hybridized carbons (Fsp3) is 0.500. The van der Waals surface area contributed by atoms with E-state index in [4.69, 9.17) is 5.11 Å². The van der Waals surface area contributed by atoms with Crippen molar-refractivity contribution in [3.8, 4) is 0 Å². The topological polar surface area (TPSA) is 20.2 Å². The Kier molecular flexibility index (Phi) is 8.43.